The van der Waals surface area contributed by atoms with Crippen LogP contribution in [0.5, 0.6) is 0 Å². The van der Waals surface area contributed by atoms with Crippen LogP contribution in [0.15, 0.2) is 54.6 Å². The van der Waals surface area contributed by atoms with Crippen LogP contribution < -0.4 is 0 Å². The summed E-state index contributed by atoms with van der Waals surface area (Å²) in [4.78, 5) is -1.76. The van der Waals surface area contributed by atoms with Gasteiger partial charge in [0.05, 0.1) is 11.6 Å². The molecular formula is C17H13ClF3NO. The van der Waals surface area contributed by atoms with Crippen LogP contribution in [-0.2, 0) is 12.6 Å². The molecule has 6 heteroatoms. The second kappa shape index (κ2) is 6.61. The first-order valence-corrected chi connectivity index (χ1v) is 7.13. The maximum atomic E-state index is 12.8. The van der Waals surface area contributed by atoms with Crippen LogP contribution in [0.2, 0.25) is 0 Å². The van der Waals surface area contributed by atoms with E-state index >= 15 is 0 Å². The van der Waals surface area contributed by atoms with Crippen LogP contribution >= 0.6 is 11.6 Å². The third-order valence-corrected chi connectivity index (χ3v) is 3.88. The molecule has 0 aromatic heterocycles. The molecule has 0 saturated heterocycles. The van der Waals surface area contributed by atoms with Crippen molar-refractivity contribution in [1.29, 1.82) is 5.26 Å². The summed E-state index contributed by atoms with van der Waals surface area (Å²) in [6.07, 6.45) is -6.02. The van der Waals surface area contributed by atoms with Crippen molar-refractivity contribution in [1.82, 2.24) is 0 Å². The number of alkyl halides is 4. The smallest absolute Gasteiger partial charge is 0.385 e. The van der Waals surface area contributed by atoms with E-state index in [1.165, 1.54) is 12.1 Å². The molecule has 0 spiro atoms. The number of aliphatic hydroxyl groups is 1. The van der Waals surface area contributed by atoms with Crippen molar-refractivity contribution in [3.63, 3.8) is 0 Å². The number of hydrogen-bond donors (Lipinski definition) is 1. The van der Waals surface area contributed by atoms with Crippen LogP contribution in [0.1, 0.15) is 22.8 Å². The lowest BCUT2D eigenvalue weighted by atomic mass is 9.89. The van der Waals surface area contributed by atoms with E-state index < -0.39 is 22.7 Å². The molecule has 0 fully saturated rings. The minimum absolute atomic E-state index is 0.217. The summed E-state index contributed by atoms with van der Waals surface area (Å²) in [5.41, 5.74) is -0.163. The molecule has 2 rings (SSSR count). The molecule has 0 amide bonds. The molecule has 2 aromatic rings. The highest BCUT2D eigenvalue weighted by Gasteiger charge is 2.38. The Balaban J connectivity index is 2.30. The van der Waals surface area contributed by atoms with Gasteiger partial charge in [0.15, 0.2) is 4.87 Å². The molecule has 0 aliphatic rings. The molecule has 0 heterocycles. The zero-order valence-corrected chi connectivity index (χ0v) is 12.6. The minimum atomic E-state index is -4.48. The minimum Gasteiger partial charge on any atom is -0.385 e. The Bertz CT molecular complexity index is 712. The summed E-state index contributed by atoms with van der Waals surface area (Å²) in [5.74, 6) is 0. The highest BCUT2D eigenvalue weighted by molar-refractivity contribution is 6.26. The largest absolute Gasteiger partial charge is 0.416 e. The number of benzene rings is 2. The van der Waals surface area contributed by atoms with Crippen LogP contribution in [0.3, 0.4) is 0 Å². The number of aliphatic hydroxyl groups excluding tert-OH is 1. The number of hydrogen-bond acceptors (Lipinski definition) is 2. The number of rotatable bonds is 4. The van der Waals surface area contributed by atoms with E-state index in [1.807, 2.05) is 6.07 Å². The van der Waals surface area contributed by atoms with Crippen molar-refractivity contribution in [3.8, 4) is 6.07 Å². The zero-order valence-electron chi connectivity index (χ0n) is 11.9. The van der Waals surface area contributed by atoms with Gasteiger partial charge in [0.25, 0.3) is 0 Å². The maximum Gasteiger partial charge on any atom is 0.416 e. The Kier molecular flexibility index (Phi) is 4.98. The van der Waals surface area contributed by atoms with Crippen molar-refractivity contribution < 1.29 is 18.3 Å². The molecule has 2 unspecified atom stereocenters. The van der Waals surface area contributed by atoms with Crippen molar-refractivity contribution >= 4 is 11.6 Å². The van der Waals surface area contributed by atoms with Crippen molar-refractivity contribution in [2.75, 3.05) is 0 Å². The van der Waals surface area contributed by atoms with Gasteiger partial charge in [-0.2, -0.15) is 18.4 Å². The summed E-state index contributed by atoms with van der Waals surface area (Å²) in [6, 6.07) is 14.7. The molecule has 0 aliphatic heterocycles. The highest BCUT2D eigenvalue weighted by atomic mass is 35.5. The van der Waals surface area contributed by atoms with Gasteiger partial charge in [-0.3, -0.25) is 0 Å². The maximum absolute atomic E-state index is 12.8. The van der Waals surface area contributed by atoms with Crippen LogP contribution in [0, 0.1) is 11.3 Å². The van der Waals surface area contributed by atoms with Gasteiger partial charge in [-0.25, -0.2) is 0 Å². The molecule has 2 aromatic carbocycles. The summed E-state index contributed by atoms with van der Waals surface area (Å²) in [6.45, 7) is 0. The standard InChI is InChI=1S/C17H13ClF3NO/c18-16(11-22,15(23)13-6-2-1-3-7-13)10-12-5-4-8-14(9-12)17(19,20)21/h1-9,15,23H,10H2. The van der Waals surface area contributed by atoms with E-state index in [9.17, 15) is 23.5 Å². The number of halogens is 4. The average Bonchev–Trinajstić information content (AvgIpc) is 2.54. The third-order valence-electron chi connectivity index (χ3n) is 3.45. The molecule has 0 saturated carbocycles. The highest BCUT2D eigenvalue weighted by Crippen LogP contribution is 2.36. The normalized spacial score (nSPS) is 15.5. The lowest BCUT2D eigenvalue weighted by molar-refractivity contribution is -0.137. The second-order valence-corrected chi connectivity index (χ2v) is 5.84. The Morgan fingerprint density at radius 2 is 1.74 bits per heavy atom. The van der Waals surface area contributed by atoms with Gasteiger partial charge in [0.1, 0.15) is 6.10 Å². The lowest BCUT2D eigenvalue weighted by Crippen LogP contribution is -2.31. The monoisotopic (exact) mass is 339 g/mol. The van der Waals surface area contributed by atoms with Gasteiger partial charge in [-0.15, -0.1) is 0 Å². The molecule has 2 nitrogen and oxygen atoms in total. The lowest BCUT2D eigenvalue weighted by Gasteiger charge is -2.26. The first kappa shape index (κ1) is 17.3. The molecule has 120 valence electrons. The Morgan fingerprint density at radius 1 is 1.09 bits per heavy atom. The summed E-state index contributed by atoms with van der Waals surface area (Å²) in [5, 5.41) is 19.7. The first-order valence-electron chi connectivity index (χ1n) is 6.75. The summed E-state index contributed by atoms with van der Waals surface area (Å²) < 4.78 is 38.3. The zero-order chi connectivity index (χ0) is 17.1. The fraction of sp³-hybridized carbons (Fsp3) is 0.235. The van der Waals surface area contributed by atoms with E-state index in [0.717, 1.165) is 12.1 Å². The van der Waals surface area contributed by atoms with E-state index in [2.05, 4.69) is 0 Å². The Morgan fingerprint density at radius 3 is 2.30 bits per heavy atom. The van der Waals surface area contributed by atoms with Crippen LogP contribution in [-0.4, -0.2) is 9.98 Å². The number of nitrogens with zero attached hydrogens (tertiary/aromatic N) is 1. The van der Waals surface area contributed by atoms with Gasteiger partial charge in [0.2, 0.25) is 0 Å². The van der Waals surface area contributed by atoms with Crippen molar-refractivity contribution in [2.45, 2.75) is 23.6 Å². The second-order valence-electron chi connectivity index (χ2n) is 5.16. The molecule has 2 atom stereocenters. The van der Waals surface area contributed by atoms with Crippen LogP contribution in [0.4, 0.5) is 13.2 Å². The van der Waals surface area contributed by atoms with Crippen molar-refractivity contribution in [2.24, 2.45) is 0 Å². The fourth-order valence-corrected chi connectivity index (χ4v) is 2.53. The number of nitriles is 1. The Hall–Kier alpha value is -2.03. The third kappa shape index (κ3) is 4.04. The quantitative estimate of drug-likeness (QED) is 0.834. The van der Waals surface area contributed by atoms with E-state index in [0.29, 0.717) is 5.56 Å². The summed E-state index contributed by atoms with van der Waals surface area (Å²) >= 11 is 6.22. The predicted octanol–water partition coefficient (Wildman–Crippen LogP) is 4.48. The SMILES string of the molecule is N#CC(Cl)(Cc1cccc(C(F)(F)F)c1)C(O)c1ccccc1. The molecule has 1 N–H and O–H groups in total. The Labute approximate surface area is 136 Å². The molecule has 0 aliphatic carbocycles. The van der Waals surface area contributed by atoms with E-state index in [1.54, 1.807) is 30.3 Å². The van der Waals surface area contributed by atoms with Gasteiger partial charge in [-0.1, -0.05) is 60.1 Å². The molecule has 23 heavy (non-hydrogen) atoms. The predicted molar refractivity (Wildman–Crippen MR) is 80.7 cm³/mol. The molecule has 0 bridgehead atoms. The van der Waals surface area contributed by atoms with E-state index in [4.69, 9.17) is 11.6 Å². The van der Waals surface area contributed by atoms with Gasteiger partial charge in [0, 0.05) is 6.42 Å². The fourth-order valence-electron chi connectivity index (χ4n) is 2.25. The first-order chi connectivity index (χ1) is 10.8. The molecule has 0 radical (unpaired) electrons. The summed E-state index contributed by atoms with van der Waals surface area (Å²) in [7, 11) is 0. The van der Waals surface area contributed by atoms with Gasteiger partial charge < -0.3 is 5.11 Å². The van der Waals surface area contributed by atoms with E-state index in [-0.39, 0.29) is 12.0 Å². The van der Waals surface area contributed by atoms with Crippen LogP contribution in [0.25, 0.3) is 0 Å². The van der Waals surface area contributed by atoms with Gasteiger partial charge in [-0.05, 0) is 17.2 Å². The molecular weight excluding hydrogens is 327 g/mol. The topological polar surface area (TPSA) is 44.0 Å². The average molecular weight is 340 g/mol. The van der Waals surface area contributed by atoms with Gasteiger partial charge >= 0.3 is 6.18 Å². The van der Waals surface area contributed by atoms with Crippen molar-refractivity contribution in [3.05, 3.63) is 71.3 Å².